The highest BCUT2D eigenvalue weighted by molar-refractivity contribution is 8.15. The largest absolute Gasteiger partial charge is 0.493 e. The van der Waals surface area contributed by atoms with Gasteiger partial charge < -0.3 is 19.5 Å². The molecule has 1 aliphatic rings. The highest BCUT2D eigenvalue weighted by Gasteiger charge is 2.39. The van der Waals surface area contributed by atoms with Crippen molar-refractivity contribution in [1.82, 2.24) is 4.90 Å². The fourth-order valence-electron chi connectivity index (χ4n) is 4.04. The van der Waals surface area contributed by atoms with E-state index in [1.165, 1.54) is 36.3 Å². The van der Waals surface area contributed by atoms with Crippen molar-refractivity contribution >= 4 is 46.1 Å². The lowest BCUT2D eigenvalue weighted by molar-refractivity contribution is -0.128. The summed E-state index contributed by atoms with van der Waals surface area (Å²) in [6, 6.07) is 17.8. The molecule has 0 aliphatic carbocycles. The normalized spacial score (nSPS) is 15.7. The number of halogens is 1. The molecule has 1 N–H and O–H groups in total. The molecule has 3 aromatic carbocycles. The van der Waals surface area contributed by atoms with E-state index < -0.39 is 17.0 Å². The predicted octanol–water partition coefficient (Wildman–Crippen LogP) is 4.83. The third-order valence-corrected chi connectivity index (χ3v) is 7.30. The number of benzene rings is 3. The van der Waals surface area contributed by atoms with E-state index in [2.05, 4.69) is 15.0 Å². The number of hydrogen-bond donors (Lipinski definition) is 1. The van der Waals surface area contributed by atoms with Gasteiger partial charge in [-0.05, 0) is 60.5 Å². The minimum atomic E-state index is -0.745. The van der Waals surface area contributed by atoms with Gasteiger partial charge in [0.2, 0.25) is 11.8 Å². The molecule has 1 fully saturated rings. The zero-order chi connectivity index (χ0) is 28.6. The molecule has 9 nitrogen and oxygen atoms in total. The van der Waals surface area contributed by atoms with Gasteiger partial charge in [-0.3, -0.25) is 14.5 Å². The fourth-order valence-corrected chi connectivity index (χ4v) is 5.22. The summed E-state index contributed by atoms with van der Waals surface area (Å²) in [5, 5.41) is 2.31. The van der Waals surface area contributed by atoms with Gasteiger partial charge in [0.05, 0.1) is 26.9 Å². The van der Waals surface area contributed by atoms with Crippen molar-refractivity contribution in [2.75, 3.05) is 33.2 Å². The van der Waals surface area contributed by atoms with Crippen molar-refractivity contribution in [3.63, 3.8) is 0 Å². The number of thioether (sulfide) groups is 1. The number of hydrogen-bond acceptors (Lipinski definition) is 8. The average molecular weight is 566 g/mol. The van der Waals surface area contributed by atoms with Crippen LogP contribution in [-0.2, 0) is 20.7 Å². The Hall–Kier alpha value is -4.38. The molecular formula is C29H28FN3O6S. The lowest BCUT2D eigenvalue weighted by Crippen LogP contribution is -2.35. The topological polar surface area (TPSA) is 107 Å². The molecule has 3 aromatic rings. The Bertz CT molecular complexity index is 1430. The lowest BCUT2D eigenvalue weighted by atomic mass is 10.1. The van der Waals surface area contributed by atoms with Gasteiger partial charge in [0, 0.05) is 18.7 Å². The molecule has 1 atom stereocenters. The first kappa shape index (κ1) is 28.6. The quantitative estimate of drug-likeness (QED) is 0.351. The summed E-state index contributed by atoms with van der Waals surface area (Å²) in [5.74, 6) is -0.524. The number of para-hydroxylation sites is 1. The van der Waals surface area contributed by atoms with Gasteiger partial charge in [0.1, 0.15) is 16.8 Å². The van der Waals surface area contributed by atoms with Crippen LogP contribution < -0.4 is 14.8 Å². The second-order valence-electron chi connectivity index (χ2n) is 8.70. The molecule has 208 valence electrons. The Morgan fingerprint density at radius 1 is 1.00 bits per heavy atom. The number of esters is 1. The maximum Gasteiger partial charge on any atom is 0.337 e. The van der Waals surface area contributed by atoms with Crippen LogP contribution in [0.4, 0.5) is 15.8 Å². The van der Waals surface area contributed by atoms with Gasteiger partial charge in [-0.1, -0.05) is 30.0 Å². The van der Waals surface area contributed by atoms with E-state index >= 15 is 0 Å². The maximum absolute atomic E-state index is 14.4. The highest BCUT2D eigenvalue weighted by atomic mass is 32.2. The third-order valence-electron chi connectivity index (χ3n) is 6.12. The molecule has 2 amide bonds. The Labute approximate surface area is 235 Å². The van der Waals surface area contributed by atoms with Gasteiger partial charge in [-0.25, -0.2) is 14.2 Å². The van der Waals surface area contributed by atoms with Crippen LogP contribution in [0.2, 0.25) is 0 Å². The lowest BCUT2D eigenvalue weighted by Gasteiger charge is -2.17. The number of nitrogens with one attached hydrogen (secondary N) is 1. The van der Waals surface area contributed by atoms with Crippen LogP contribution in [0, 0.1) is 5.82 Å². The summed E-state index contributed by atoms with van der Waals surface area (Å²) < 4.78 is 29.7. The van der Waals surface area contributed by atoms with Crippen LogP contribution >= 0.6 is 11.8 Å². The number of amidine groups is 1. The number of anilines is 1. The summed E-state index contributed by atoms with van der Waals surface area (Å²) >= 11 is 1.12. The van der Waals surface area contributed by atoms with Crippen LogP contribution in [0.5, 0.6) is 11.5 Å². The summed E-state index contributed by atoms with van der Waals surface area (Å²) in [4.78, 5) is 43.8. The standard InChI is InChI=1S/C29H28FN3O6S/c1-37-23-13-8-18(16-24(23)38-2)14-15-33-27(35)25(40-29(33)32-22-7-5-4-6-21(22)30)17-26(34)31-20-11-9-19(10-12-20)28(36)39-3/h4-13,16,25H,14-15,17H2,1-3H3,(H,31,34). The van der Waals surface area contributed by atoms with Gasteiger partial charge in [-0.15, -0.1) is 0 Å². The highest BCUT2D eigenvalue weighted by Crippen LogP contribution is 2.33. The molecule has 0 bridgehead atoms. The second-order valence-corrected chi connectivity index (χ2v) is 9.87. The van der Waals surface area contributed by atoms with E-state index in [-0.39, 0.29) is 30.5 Å². The SMILES string of the molecule is COC(=O)c1ccc(NC(=O)CC2SC(=Nc3ccccc3F)N(CCc3ccc(OC)c(OC)c3)C2=O)cc1. The number of nitrogens with zero attached hydrogens (tertiary/aromatic N) is 2. The van der Waals surface area contributed by atoms with E-state index in [4.69, 9.17) is 9.47 Å². The number of carbonyl (C=O) groups excluding carboxylic acids is 3. The van der Waals surface area contributed by atoms with Crippen molar-refractivity contribution in [1.29, 1.82) is 0 Å². The molecule has 1 aliphatic heterocycles. The summed E-state index contributed by atoms with van der Waals surface area (Å²) in [7, 11) is 4.39. The number of rotatable bonds is 10. The van der Waals surface area contributed by atoms with Crippen LogP contribution in [-0.4, -0.2) is 61.0 Å². The monoisotopic (exact) mass is 565 g/mol. The van der Waals surface area contributed by atoms with E-state index in [1.807, 2.05) is 12.1 Å². The molecular weight excluding hydrogens is 537 g/mol. The average Bonchev–Trinajstić information content (AvgIpc) is 3.25. The van der Waals surface area contributed by atoms with E-state index in [1.54, 1.807) is 44.6 Å². The van der Waals surface area contributed by atoms with E-state index in [0.717, 1.165) is 17.3 Å². The number of aliphatic imine (C=N–C) groups is 1. The first-order valence-corrected chi connectivity index (χ1v) is 13.2. The second kappa shape index (κ2) is 13.1. The smallest absolute Gasteiger partial charge is 0.337 e. The Balaban J connectivity index is 1.50. The molecule has 0 radical (unpaired) electrons. The van der Waals surface area contributed by atoms with Crippen LogP contribution in [0.15, 0.2) is 71.7 Å². The summed E-state index contributed by atoms with van der Waals surface area (Å²) in [6.45, 7) is 0.266. The molecule has 1 heterocycles. The Morgan fingerprint density at radius 2 is 1.73 bits per heavy atom. The minimum absolute atomic E-state index is 0.102. The first-order chi connectivity index (χ1) is 19.3. The van der Waals surface area contributed by atoms with E-state index in [0.29, 0.717) is 34.3 Å². The van der Waals surface area contributed by atoms with E-state index in [9.17, 15) is 18.8 Å². The van der Waals surface area contributed by atoms with Crippen molar-refractivity contribution in [2.45, 2.75) is 18.1 Å². The van der Waals surface area contributed by atoms with Crippen LogP contribution in [0.3, 0.4) is 0 Å². The minimum Gasteiger partial charge on any atom is -0.493 e. The fraction of sp³-hybridized carbons (Fsp3) is 0.241. The van der Waals surface area contributed by atoms with Gasteiger partial charge in [-0.2, -0.15) is 0 Å². The molecule has 11 heteroatoms. The van der Waals surface area contributed by atoms with Gasteiger partial charge in [0.15, 0.2) is 16.7 Å². The van der Waals surface area contributed by atoms with Crippen molar-refractivity contribution in [2.24, 2.45) is 4.99 Å². The zero-order valence-corrected chi connectivity index (χ0v) is 23.0. The molecule has 4 rings (SSSR count). The molecule has 1 saturated heterocycles. The summed E-state index contributed by atoms with van der Waals surface area (Å²) in [6.07, 6.45) is 0.347. The van der Waals surface area contributed by atoms with Crippen molar-refractivity contribution in [3.8, 4) is 11.5 Å². The van der Waals surface area contributed by atoms with Crippen LogP contribution in [0.25, 0.3) is 0 Å². The van der Waals surface area contributed by atoms with Crippen molar-refractivity contribution < 1.29 is 33.0 Å². The third kappa shape index (κ3) is 6.78. The molecule has 0 aromatic heterocycles. The number of amides is 2. The Morgan fingerprint density at radius 3 is 2.40 bits per heavy atom. The number of carbonyl (C=O) groups is 3. The summed E-state index contributed by atoms with van der Waals surface area (Å²) in [5.41, 5.74) is 1.82. The number of methoxy groups -OCH3 is 3. The van der Waals surface area contributed by atoms with Crippen LogP contribution in [0.1, 0.15) is 22.3 Å². The zero-order valence-electron chi connectivity index (χ0n) is 22.2. The van der Waals surface area contributed by atoms with Gasteiger partial charge in [0.25, 0.3) is 0 Å². The van der Waals surface area contributed by atoms with Gasteiger partial charge >= 0.3 is 5.97 Å². The predicted molar refractivity (Wildman–Crippen MR) is 151 cm³/mol. The molecule has 0 saturated carbocycles. The Kier molecular flexibility index (Phi) is 9.39. The first-order valence-electron chi connectivity index (χ1n) is 12.3. The number of ether oxygens (including phenoxy) is 3. The van der Waals surface area contributed by atoms with Crippen molar-refractivity contribution in [3.05, 3.63) is 83.7 Å². The molecule has 40 heavy (non-hydrogen) atoms. The molecule has 1 unspecified atom stereocenters. The molecule has 0 spiro atoms. The maximum atomic E-state index is 14.4.